The van der Waals surface area contributed by atoms with Crippen LogP contribution in [0.5, 0.6) is 0 Å². The van der Waals surface area contributed by atoms with Gasteiger partial charge in [0.2, 0.25) is 0 Å². The minimum absolute atomic E-state index is 0.567. The molecule has 0 aromatic rings. The molecule has 6 heteroatoms. The van der Waals surface area contributed by atoms with E-state index in [1.165, 1.54) is 0 Å². The third-order valence-electron chi connectivity index (χ3n) is 2.09. The summed E-state index contributed by atoms with van der Waals surface area (Å²) in [6.07, 6.45) is 0. The summed E-state index contributed by atoms with van der Waals surface area (Å²) in [4.78, 5) is 19.1. The van der Waals surface area contributed by atoms with Gasteiger partial charge in [-0.3, -0.25) is 0 Å². The quantitative estimate of drug-likeness (QED) is 0.489. The van der Waals surface area contributed by atoms with Gasteiger partial charge in [0.25, 0.3) is 0 Å². The van der Waals surface area contributed by atoms with Crippen LogP contribution in [0.1, 0.15) is 0 Å². The van der Waals surface area contributed by atoms with Crippen molar-refractivity contribution in [2.75, 3.05) is 26.4 Å². The van der Waals surface area contributed by atoms with Crippen molar-refractivity contribution in [3.05, 3.63) is 0 Å². The predicted octanol–water partition coefficient (Wildman–Crippen LogP) is 1.41. The molecule has 0 aliphatic heterocycles. The Hall–Kier alpha value is 0.274. The molecule has 0 radical (unpaired) electrons. The van der Waals surface area contributed by atoms with E-state index in [0.717, 1.165) is 12.1 Å². The van der Waals surface area contributed by atoms with Crippen molar-refractivity contribution in [3.8, 4) is 0 Å². The summed E-state index contributed by atoms with van der Waals surface area (Å²) in [5.74, 6) is 0. The smallest absolute Gasteiger partial charge is 0.184 e. The summed E-state index contributed by atoms with van der Waals surface area (Å²) < 4.78 is 10.7. The lowest BCUT2D eigenvalue weighted by Gasteiger charge is -2.15. The normalized spacial score (nSPS) is 13.1. The Balaban J connectivity index is 3.17. The molecular formula is C10H26O4Si2. The van der Waals surface area contributed by atoms with Crippen LogP contribution in [0.2, 0.25) is 38.3 Å². The van der Waals surface area contributed by atoms with Crippen molar-refractivity contribution in [1.29, 1.82) is 0 Å². The van der Waals surface area contributed by atoms with Crippen molar-refractivity contribution >= 4 is 16.6 Å². The molecule has 0 bridgehead atoms. The molecule has 98 valence electrons. The van der Waals surface area contributed by atoms with Crippen LogP contribution in [0, 0.1) is 0 Å². The minimum Gasteiger partial charge on any atom is -0.432 e. The van der Waals surface area contributed by atoms with Crippen LogP contribution >= 0.6 is 0 Å². The Bertz CT molecular complexity index is 155. The third kappa shape index (κ3) is 14.3. The molecule has 0 unspecified atom stereocenters. The molecule has 0 amide bonds. The van der Waals surface area contributed by atoms with E-state index in [1.807, 2.05) is 26.2 Å². The van der Waals surface area contributed by atoms with Crippen molar-refractivity contribution in [2.24, 2.45) is 0 Å². The van der Waals surface area contributed by atoms with Crippen molar-refractivity contribution in [3.63, 3.8) is 0 Å². The van der Waals surface area contributed by atoms with Gasteiger partial charge in [-0.15, -0.1) is 0 Å². The van der Waals surface area contributed by atoms with Gasteiger partial charge in [-0.25, -0.2) is 0 Å². The molecule has 0 spiro atoms. The van der Waals surface area contributed by atoms with E-state index in [2.05, 4.69) is 0 Å². The molecule has 0 rings (SSSR count). The number of rotatable bonds is 9. The highest BCUT2D eigenvalue weighted by Crippen LogP contribution is 2.04. The zero-order chi connectivity index (χ0) is 12.7. The average Bonchev–Trinajstić information content (AvgIpc) is 2.06. The number of hydrogen-bond acceptors (Lipinski definition) is 4. The molecule has 0 atom stereocenters. The van der Waals surface area contributed by atoms with Gasteiger partial charge in [0.05, 0.1) is 13.2 Å². The maximum Gasteiger partial charge on any atom is 0.184 e. The van der Waals surface area contributed by atoms with E-state index in [4.69, 9.17) is 9.47 Å². The van der Waals surface area contributed by atoms with E-state index in [9.17, 15) is 9.59 Å². The van der Waals surface area contributed by atoms with Crippen LogP contribution in [0.15, 0.2) is 0 Å². The first kappa shape index (κ1) is 16.3. The largest absolute Gasteiger partial charge is 0.432 e. The van der Waals surface area contributed by atoms with Gasteiger partial charge in [-0.2, -0.15) is 0 Å². The lowest BCUT2D eigenvalue weighted by atomic mass is 10.7. The topological polar surface area (TPSA) is 58.9 Å². The minimum atomic E-state index is -1.95. The zero-order valence-electron chi connectivity index (χ0n) is 11.0. The summed E-state index contributed by atoms with van der Waals surface area (Å²) in [7, 11) is -3.90. The van der Waals surface area contributed by atoms with Gasteiger partial charge in [0.15, 0.2) is 16.6 Å². The second-order valence-corrected chi connectivity index (χ2v) is 13.6. The molecule has 4 nitrogen and oxygen atoms in total. The Morgan fingerprint density at radius 2 is 1.00 bits per heavy atom. The first-order valence-electron chi connectivity index (χ1n) is 5.81. The van der Waals surface area contributed by atoms with Crippen LogP contribution in [0.3, 0.4) is 0 Å². The molecule has 0 aromatic carbocycles. The fourth-order valence-corrected chi connectivity index (χ4v) is 2.25. The van der Waals surface area contributed by atoms with Crippen LogP contribution in [0.25, 0.3) is 0 Å². The van der Waals surface area contributed by atoms with Gasteiger partial charge < -0.3 is 19.1 Å². The van der Waals surface area contributed by atoms with E-state index < -0.39 is 16.6 Å². The molecule has 0 aromatic heterocycles. The van der Waals surface area contributed by atoms with E-state index >= 15 is 0 Å². The van der Waals surface area contributed by atoms with Gasteiger partial charge in [0, 0.05) is 13.2 Å². The van der Waals surface area contributed by atoms with Crippen molar-refractivity contribution < 1.29 is 19.1 Å². The van der Waals surface area contributed by atoms with Gasteiger partial charge in [0.1, 0.15) is 0 Å². The Morgan fingerprint density at radius 3 is 1.25 bits per heavy atom. The Labute approximate surface area is 101 Å². The second-order valence-electron chi connectivity index (χ2n) is 5.35. The number of hydrogen-bond donors (Lipinski definition) is 2. The molecule has 16 heavy (non-hydrogen) atoms. The second kappa shape index (κ2) is 7.57. The van der Waals surface area contributed by atoms with Gasteiger partial charge in [-0.05, 0) is 38.3 Å². The number of ether oxygens (including phenoxy) is 2. The standard InChI is InChI=1S/C10H26O4Si2/c1-15(2,11)9-7-13-5-6-14-8-10-16(3,4)12/h11-12H,5-10H2,1-4H3. The van der Waals surface area contributed by atoms with Crippen LogP contribution in [-0.2, 0) is 9.47 Å². The highest BCUT2D eigenvalue weighted by Gasteiger charge is 2.16. The Morgan fingerprint density at radius 1 is 0.688 bits per heavy atom. The fourth-order valence-electron chi connectivity index (χ4n) is 0.966. The van der Waals surface area contributed by atoms with Crippen molar-refractivity contribution in [1.82, 2.24) is 0 Å². The molecule has 0 fully saturated rings. The van der Waals surface area contributed by atoms with E-state index in [-0.39, 0.29) is 0 Å². The molecule has 0 aliphatic carbocycles. The molecule has 0 heterocycles. The molecule has 0 saturated heterocycles. The summed E-state index contributed by atoms with van der Waals surface area (Å²) >= 11 is 0. The SMILES string of the molecule is C[Si](C)(O)CCOCCOCC[Si](C)(C)O. The maximum atomic E-state index is 9.55. The van der Waals surface area contributed by atoms with E-state index in [1.54, 1.807) is 0 Å². The zero-order valence-corrected chi connectivity index (χ0v) is 13.0. The summed E-state index contributed by atoms with van der Waals surface area (Å²) in [5.41, 5.74) is 0. The summed E-state index contributed by atoms with van der Waals surface area (Å²) in [5, 5.41) is 0. The molecular weight excluding hydrogens is 240 g/mol. The fraction of sp³-hybridized carbons (Fsp3) is 1.00. The summed E-state index contributed by atoms with van der Waals surface area (Å²) in [6, 6.07) is 1.53. The van der Waals surface area contributed by atoms with Crippen LogP contribution in [0.4, 0.5) is 0 Å². The first-order valence-corrected chi connectivity index (χ1v) is 12.1. The lowest BCUT2D eigenvalue weighted by Crippen LogP contribution is -2.27. The first-order chi connectivity index (χ1) is 7.21. The predicted molar refractivity (Wildman–Crippen MR) is 70.7 cm³/mol. The van der Waals surface area contributed by atoms with Gasteiger partial charge >= 0.3 is 0 Å². The lowest BCUT2D eigenvalue weighted by molar-refractivity contribution is 0.0566. The highest BCUT2D eigenvalue weighted by atomic mass is 28.4. The highest BCUT2D eigenvalue weighted by molar-refractivity contribution is 6.70. The third-order valence-corrected chi connectivity index (χ3v) is 4.94. The monoisotopic (exact) mass is 266 g/mol. The Kier molecular flexibility index (Phi) is 7.70. The maximum absolute atomic E-state index is 9.55. The average molecular weight is 266 g/mol. The van der Waals surface area contributed by atoms with Crippen LogP contribution < -0.4 is 0 Å². The van der Waals surface area contributed by atoms with E-state index in [0.29, 0.717) is 26.4 Å². The van der Waals surface area contributed by atoms with Gasteiger partial charge in [-0.1, -0.05) is 0 Å². The van der Waals surface area contributed by atoms with Crippen LogP contribution in [-0.4, -0.2) is 52.7 Å². The molecule has 2 N–H and O–H groups in total. The van der Waals surface area contributed by atoms with Crippen molar-refractivity contribution in [2.45, 2.75) is 38.3 Å². The molecule has 0 saturated carbocycles. The summed E-state index contributed by atoms with van der Waals surface area (Å²) in [6.45, 7) is 9.97. The molecule has 0 aliphatic rings.